The van der Waals surface area contributed by atoms with Gasteiger partial charge in [0.1, 0.15) is 24.6 Å². The first-order valence-corrected chi connectivity index (χ1v) is 9.23. The summed E-state index contributed by atoms with van der Waals surface area (Å²) in [5.41, 5.74) is 4.71. The smallest absolute Gasteiger partial charge is 0.476 e. The van der Waals surface area contributed by atoms with Crippen molar-refractivity contribution in [2.24, 2.45) is 0 Å². The quantitative estimate of drug-likeness (QED) is 0.340. The van der Waals surface area contributed by atoms with E-state index in [4.69, 9.17) is 24.6 Å². The third kappa shape index (κ3) is 4.76. The molecule has 0 radical (unpaired) electrons. The number of ether oxygens (including phenoxy) is 2. The Hall–Kier alpha value is -1.61. The number of anilines is 1. The zero-order chi connectivity index (χ0) is 19.4. The molecule has 5 N–H and O–H groups in total. The van der Waals surface area contributed by atoms with Gasteiger partial charge in [0.05, 0.1) is 0 Å². The van der Waals surface area contributed by atoms with E-state index in [-0.39, 0.29) is 12.4 Å². The molecule has 0 amide bonds. The van der Waals surface area contributed by atoms with Crippen LogP contribution in [0.3, 0.4) is 0 Å². The largest absolute Gasteiger partial charge is 0.695 e. The van der Waals surface area contributed by atoms with Crippen molar-refractivity contribution in [3.8, 4) is 0 Å². The molecule has 0 aromatic carbocycles. The van der Waals surface area contributed by atoms with E-state index in [0.717, 1.165) is 9.88 Å². The van der Waals surface area contributed by atoms with Crippen LogP contribution in [0.4, 0.5) is 5.82 Å². The Balaban J connectivity index is 2.24. The Kier molecular flexibility index (Phi) is 7.05. The highest BCUT2D eigenvalue weighted by molar-refractivity contribution is 7.32. The van der Waals surface area contributed by atoms with Gasteiger partial charge >= 0.3 is 13.9 Å². The molecule has 1 fully saturated rings. The molecule has 26 heavy (non-hydrogen) atoms. The average molecular weight is 407 g/mol. The number of nitrogens with one attached hydrogen (secondary N) is 1. The van der Waals surface area contributed by atoms with Crippen molar-refractivity contribution in [1.29, 1.82) is 0 Å². The van der Waals surface area contributed by atoms with Gasteiger partial charge in [0, 0.05) is 23.1 Å². The first-order chi connectivity index (χ1) is 12.2. The molecule has 1 aromatic heterocycles. The SMILES string of the molecule is CN/C(OC[C@H]1O[C@@H](n2ccc(N)nc2=O)[C@H](O)[C@@H]1O[P+](=O)O)=C(\C)P. The predicted octanol–water partition coefficient (Wildman–Crippen LogP) is -0.581. The number of aliphatic hydroxyl groups excluding tert-OH is 1. The molecule has 2 unspecified atom stereocenters. The summed E-state index contributed by atoms with van der Waals surface area (Å²) in [5, 5.41) is 14.1. The van der Waals surface area contributed by atoms with Gasteiger partial charge in [-0.15, -0.1) is 18.7 Å². The summed E-state index contributed by atoms with van der Waals surface area (Å²) in [4.78, 5) is 24.6. The molecule has 0 saturated carbocycles. The minimum absolute atomic E-state index is 0.0181. The van der Waals surface area contributed by atoms with Gasteiger partial charge in [0.25, 0.3) is 0 Å². The summed E-state index contributed by atoms with van der Waals surface area (Å²) in [6.45, 7) is 1.70. The standard InChI is InChI=1S/C13H20N4O7P2/c1-6(25)11(15-2)22-5-7-10(24-26(20)21)9(18)12(23-7)17-4-3-8(14)16-13(17)19/h3-4,7,9-10,12,15,18H,5,25H2,1-2H3,(H2-,14,16,19,20,21)/p+1/b11-6-/t7-,9-,10-,12-/m1/s1. The number of hydrogen-bond acceptors (Lipinski definition) is 9. The van der Waals surface area contributed by atoms with Gasteiger partial charge in [-0.25, -0.2) is 4.79 Å². The Labute approximate surface area is 152 Å². The van der Waals surface area contributed by atoms with Crippen molar-refractivity contribution in [3.63, 3.8) is 0 Å². The summed E-state index contributed by atoms with van der Waals surface area (Å²) in [6.07, 6.45) is -3.39. The van der Waals surface area contributed by atoms with Crippen molar-refractivity contribution >= 4 is 23.3 Å². The Bertz CT molecular complexity index is 752. The molecule has 0 spiro atoms. The van der Waals surface area contributed by atoms with Gasteiger partial charge in [-0.2, -0.15) is 4.98 Å². The second-order valence-electron chi connectivity index (χ2n) is 5.48. The van der Waals surface area contributed by atoms with E-state index in [2.05, 4.69) is 19.5 Å². The second-order valence-corrected chi connectivity index (χ2v) is 7.03. The van der Waals surface area contributed by atoms with Crippen LogP contribution in [-0.4, -0.2) is 51.5 Å². The second kappa shape index (κ2) is 8.85. The number of nitrogens with two attached hydrogens (primary N) is 1. The molecule has 144 valence electrons. The zero-order valence-electron chi connectivity index (χ0n) is 14.1. The summed E-state index contributed by atoms with van der Waals surface area (Å²) in [7, 11) is 1.12. The number of nitrogens with zero attached hydrogens (tertiary/aromatic N) is 2. The lowest BCUT2D eigenvalue weighted by Crippen LogP contribution is -2.37. The minimum Gasteiger partial charge on any atom is -0.476 e. The Morgan fingerprint density at radius 2 is 2.31 bits per heavy atom. The Morgan fingerprint density at radius 3 is 2.85 bits per heavy atom. The van der Waals surface area contributed by atoms with Crippen LogP contribution in [0.5, 0.6) is 0 Å². The monoisotopic (exact) mass is 407 g/mol. The van der Waals surface area contributed by atoms with Crippen LogP contribution in [0.15, 0.2) is 28.3 Å². The third-order valence-electron chi connectivity index (χ3n) is 3.62. The van der Waals surface area contributed by atoms with Crippen LogP contribution in [-0.2, 0) is 18.6 Å². The first kappa shape index (κ1) is 20.7. The summed E-state index contributed by atoms with van der Waals surface area (Å²) >= 11 is 0. The molecule has 1 saturated heterocycles. The highest BCUT2D eigenvalue weighted by Gasteiger charge is 2.50. The van der Waals surface area contributed by atoms with E-state index in [1.54, 1.807) is 14.0 Å². The van der Waals surface area contributed by atoms with Gasteiger partial charge in [0.2, 0.25) is 0 Å². The predicted molar refractivity (Wildman–Crippen MR) is 94.9 cm³/mol. The van der Waals surface area contributed by atoms with Gasteiger partial charge in [-0.1, -0.05) is 0 Å². The molecule has 2 heterocycles. The van der Waals surface area contributed by atoms with E-state index in [9.17, 15) is 14.5 Å². The molecule has 1 aliphatic rings. The number of hydrogen-bond donors (Lipinski definition) is 4. The van der Waals surface area contributed by atoms with E-state index in [1.807, 2.05) is 0 Å². The van der Waals surface area contributed by atoms with Crippen LogP contribution in [0.25, 0.3) is 0 Å². The summed E-state index contributed by atoms with van der Waals surface area (Å²) < 4.78 is 28.2. The normalized spacial score (nSPS) is 27.0. The van der Waals surface area contributed by atoms with Crippen LogP contribution in [0.2, 0.25) is 0 Å². The van der Waals surface area contributed by atoms with E-state index in [1.165, 1.54) is 12.3 Å². The maximum absolute atomic E-state index is 12.0. The molecule has 1 aromatic rings. The molecule has 11 nitrogen and oxygen atoms in total. The summed E-state index contributed by atoms with van der Waals surface area (Å²) in [5.74, 6) is 0.472. The van der Waals surface area contributed by atoms with Crippen molar-refractivity contribution in [2.45, 2.75) is 31.5 Å². The van der Waals surface area contributed by atoms with Gasteiger partial charge in [0.15, 0.2) is 18.2 Å². The van der Waals surface area contributed by atoms with Crippen molar-refractivity contribution in [3.05, 3.63) is 33.9 Å². The highest BCUT2D eigenvalue weighted by Crippen LogP contribution is 2.35. The van der Waals surface area contributed by atoms with Crippen LogP contribution < -0.4 is 16.7 Å². The fourth-order valence-electron chi connectivity index (χ4n) is 2.49. The topological polar surface area (TPSA) is 158 Å². The molecule has 13 heteroatoms. The molecule has 0 aliphatic carbocycles. The molecule has 1 aliphatic heterocycles. The molecule has 2 rings (SSSR count). The Morgan fingerprint density at radius 1 is 1.62 bits per heavy atom. The van der Waals surface area contributed by atoms with Gasteiger partial charge in [-0.05, 0) is 13.0 Å². The van der Waals surface area contributed by atoms with Crippen molar-refractivity contribution in [1.82, 2.24) is 14.9 Å². The van der Waals surface area contributed by atoms with Crippen molar-refractivity contribution < 1.29 is 28.6 Å². The average Bonchev–Trinajstić information content (AvgIpc) is 2.84. The van der Waals surface area contributed by atoms with Gasteiger partial charge in [-0.3, -0.25) is 4.57 Å². The fourth-order valence-corrected chi connectivity index (χ4v) is 3.18. The van der Waals surface area contributed by atoms with E-state index >= 15 is 0 Å². The minimum atomic E-state index is -3.01. The fraction of sp³-hybridized carbons (Fsp3) is 0.538. The van der Waals surface area contributed by atoms with Crippen molar-refractivity contribution in [2.75, 3.05) is 19.4 Å². The maximum atomic E-state index is 12.0. The lowest BCUT2D eigenvalue weighted by molar-refractivity contribution is -0.0599. The number of aromatic nitrogens is 2. The molecular formula is C13H21N4O7P2+. The van der Waals surface area contributed by atoms with Gasteiger partial charge < -0.3 is 25.6 Å². The molecule has 0 bridgehead atoms. The van der Waals surface area contributed by atoms with Crippen LogP contribution in [0, 0.1) is 0 Å². The summed E-state index contributed by atoms with van der Waals surface area (Å²) in [6, 6.07) is 1.36. The van der Waals surface area contributed by atoms with E-state index < -0.39 is 38.5 Å². The molecule has 6 atom stereocenters. The number of nitrogen functional groups attached to an aromatic ring is 1. The first-order valence-electron chi connectivity index (χ1n) is 7.52. The lowest BCUT2D eigenvalue weighted by Gasteiger charge is -2.18. The van der Waals surface area contributed by atoms with Crippen LogP contribution >= 0.6 is 17.5 Å². The molecular weight excluding hydrogens is 386 g/mol. The third-order valence-corrected chi connectivity index (χ3v) is 4.31. The maximum Gasteiger partial charge on any atom is 0.695 e. The number of allylic oxidation sites excluding steroid dienone is 1. The lowest BCUT2D eigenvalue weighted by atomic mass is 10.1. The highest BCUT2D eigenvalue weighted by atomic mass is 31.1. The number of aliphatic hydroxyl groups is 1. The van der Waals surface area contributed by atoms with Crippen LogP contribution in [0.1, 0.15) is 13.2 Å². The van der Waals surface area contributed by atoms with E-state index in [0.29, 0.717) is 5.88 Å². The number of rotatable bonds is 7. The zero-order valence-corrected chi connectivity index (χ0v) is 16.2.